The molecule has 0 amide bonds. The van der Waals surface area contributed by atoms with Crippen molar-refractivity contribution < 1.29 is 28.6 Å². The molecule has 0 radical (unpaired) electrons. The second-order valence-corrected chi connectivity index (χ2v) is 20.9. The first kappa shape index (κ1) is 75.0. The second kappa shape index (κ2) is 66.5. The summed E-state index contributed by atoms with van der Waals surface area (Å²) in [5.41, 5.74) is 0. The van der Waals surface area contributed by atoms with Crippen molar-refractivity contribution in [1.29, 1.82) is 0 Å². The molecule has 0 fully saturated rings. The van der Waals surface area contributed by atoms with Crippen LogP contribution in [0.3, 0.4) is 0 Å². The molecule has 0 heterocycles. The van der Waals surface area contributed by atoms with Gasteiger partial charge in [-0.1, -0.05) is 281 Å². The maximum absolute atomic E-state index is 12.9. The lowest BCUT2D eigenvalue weighted by molar-refractivity contribution is -0.167. The number of carbonyl (C=O) groups is 3. The summed E-state index contributed by atoms with van der Waals surface area (Å²) in [6, 6.07) is 0. The van der Waals surface area contributed by atoms with Crippen LogP contribution in [0.1, 0.15) is 271 Å². The maximum Gasteiger partial charge on any atom is 0.306 e. The van der Waals surface area contributed by atoms with E-state index in [2.05, 4.69) is 179 Å². The molecular weight excluding hydrogens is 985 g/mol. The molecule has 0 N–H and O–H groups in total. The van der Waals surface area contributed by atoms with Gasteiger partial charge in [-0.3, -0.25) is 14.4 Å². The number of allylic oxidation sites excluding steroid dienone is 26. The van der Waals surface area contributed by atoms with Crippen LogP contribution in [0, 0.1) is 0 Å². The van der Waals surface area contributed by atoms with Crippen LogP contribution in [-0.4, -0.2) is 37.2 Å². The van der Waals surface area contributed by atoms with Crippen molar-refractivity contribution in [2.75, 3.05) is 13.2 Å². The fourth-order valence-corrected chi connectivity index (χ4v) is 8.48. The van der Waals surface area contributed by atoms with Crippen LogP contribution < -0.4 is 0 Å². The Bertz CT molecular complexity index is 1790. The van der Waals surface area contributed by atoms with Crippen molar-refractivity contribution >= 4 is 17.9 Å². The first-order valence-electron chi connectivity index (χ1n) is 32.5. The zero-order chi connectivity index (χ0) is 57.8. The first-order chi connectivity index (χ1) is 39.5. The highest BCUT2D eigenvalue weighted by molar-refractivity contribution is 5.71. The van der Waals surface area contributed by atoms with Crippen LogP contribution in [0.25, 0.3) is 0 Å². The molecule has 0 spiro atoms. The molecule has 1 unspecified atom stereocenters. The van der Waals surface area contributed by atoms with E-state index in [1.54, 1.807) is 0 Å². The fraction of sp³-hybridized carbons (Fsp3) is 0.608. The third-order valence-corrected chi connectivity index (χ3v) is 13.3. The van der Waals surface area contributed by atoms with E-state index in [9.17, 15) is 14.4 Å². The lowest BCUT2D eigenvalue weighted by Gasteiger charge is -2.18. The summed E-state index contributed by atoms with van der Waals surface area (Å²) in [6.07, 6.45) is 96.7. The highest BCUT2D eigenvalue weighted by Gasteiger charge is 2.19. The van der Waals surface area contributed by atoms with Crippen LogP contribution in [-0.2, 0) is 28.6 Å². The summed E-state index contributed by atoms with van der Waals surface area (Å²) >= 11 is 0. The molecule has 450 valence electrons. The predicted octanol–water partition coefficient (Wildman–Crippen LogP) is 22.5. The predicted molar refractivity (Wildman–Crippen MR) is 348 cm³/mol. The monoisotopic (exact) mass is 1100 g/mol. The highest BCUT2D eigenvalue weighted by atomic mass is 16.6. The largest absolute Gasteiger partial charge is 0.462 e. The molecule has 0 saturated carbocycles. The van der Waals surface area contributed by atoms with Gasteiger partial charge in [-0.25, -0.2) is 0 Å². The summed E-state index contributed by atoms with van der Waals surface area (Å²) in [4.78, 5) is 38.3. The average Bonchev–Trinajstić information content (AvgIpc) is 3.46. The Labute approximate surface area is 492 Å². The minimum Gasteiger partial charge on any atom is -0.462 e. The number of carbonyl (C=O) groups excluding carboxylic acids is 3. The molecule has 0 aromatic rings. The van der Waals surface area contributed by atoms with Crippen molar-refractivity contribution in [3.05, 3.63) is 158 Å². The second-order valence-electron chi connectivity index (χ2n) is 20.9. The van der Waals surface area contributed by atoms with Gasteiger partial charge in [0.15, 0.2) is 6.10 Å². The van der Waals surface area contributed by atoms with Crippen LogP contribution in [0.5, 0.6) is 0 Å². The van der Waals surface area contributed by atoms with E-state index < -0.39 is 6.10 Å². The number of hydrogen-bond donors (Lipinski definition) is 0. The van der Waals surface area contributed by atoms with Gasteiger partial charge in [-0.15, -0.1) is 0 Å². The zero-order valence-electron chi connectivity index (χ0n) is 51.5. The first-order valence-corrected chi connectivity index (χ1v) is 32.5. The van der Waals surface area contributed by atoms with E-state index in [4.69, 9.17) is 14.2 Å². The van der Waals surface area contributed by atoms with Gasteiger partial charge in [0.25, 0.3) is 0 Å². The van der Waals surface area contributed by atoms with E-state index in [0.717, 1.165) is 154 Å². The van der Waals surface area contributed by atoms with Crippen molar-refractivity contribution in [2.45, 2.75) is 277 Å². The Hall–Kier alpha value is -4.97. The van der Waals surface area contributed by atoms with Gasteiger partial charge in [0.1, 0.15) is 13.2 Å². The molecule has 6 nitrogen and oxygen atoms in total. The molecule has 80 heavy (non-hydrogen) atoms. The smallest absolute Gasteiger partial charge is 0.306 e. The van der Waals surface area contributed by atoms with Crippen molar-refractivity contribution in [3.63, 3.8) is 0 Å². The summed E-state index contributed by atoms with van der Waals surface area (Å²) in [5.74, 6) is -0.970. The zero-order valence-corrected chi connectivity index (χ0v) is 51.5. The van der Waals surface area contributed by atoms with E-state index in [1.807, 2.05) is 0 Å². The lowest BCUT2D eigenvalue weighted by Crippen LogP contribution is -2.30. The third kappa shape index (κ3) is 63.9. The molecule has 1 atom stereocenters. The Morgan fingerprint density at radius 3 is 0.787 bits per heavy atom. The summed E-state index contributed by atoms with van der Waals surface area (Å²) in [7, 11) is 0. The van der Waals surface area contributed by atoms with Crippen LogP contribution in [0.2, 0.25) is 0 Å². The molecule has 6 heteroatoms. The summed E-state index contributed by atoms with van der Waals surface area (Å²) in [5, 5.41) is 0. The third-order valence-electron chi connectivity index (χ3n) is 13.3. The van der Waals surface area contributed by atoms with E-state index in [-0.39, 0.29) is 37.5 Å². The molecule has 0 aromatic carbocycles. The van der Waals surface area contributed by atoms with Crippen LogP contribution >= 0.6 is 0 Å². The van der Waals surface area contributed by atoms with E-state index >= 15 is 0 Å². The van der Waals surface area contributed by atoms with Crippen molar-refractivity contribution in [2.24, 2.45) is 0 Å². The Morgan fingerprint density at radius 2 is 0.487 bits per heavy atom. The van der Waals surface area contributed by atoms with Gasteiger partial charge in [0.2, 0.25) is 0 Å². The van der Waals surface area contributed by atoms with E-state index in [1.165, 1.54) is 70.6 Å². The van der Waals surface area contributed by atoms with Crippen LogP contribution in [0.4, 0.5) is 0 Å². The Morgan fingerprint density at radius 1 is 0.263 bits per heavy atom. The van der Waals surface area contributed by atoms with Gasteiger partial charge in [0.05, 0.1) is 0 Å². The SMILES string of the molecule is CC/C=C\C/C=C\C/C=C\C/C=C\C/C=C\C/C=C\C/C=C\CCCCCCCC(=O)OCC(COC(=O)CCCCCCCCCCCCCCCC)OC(=O)CCCC/C=C\C/C=C\C/C=C\C/C=C\C/C=C\C/C=C\CC. The summed E-state index contributed by atoms with van der Waals surface area (Å²) < 4.78 is 16.9. The average molecular weight is 1100 g/mol. The Balaban J connectivity index is 4.49. The number of ether oxygens (including phenoxy) is 3. The molecule has 0 aliphatic heterocycles. The molecule has 0 bridgehead atoms. The number of esters is 3. The topological polar surface area (TPSA) is 78.9 Å². The molecule has 0 aliphatic rings. The minimum atomic E-state index is -0.817. The van der Waals surface area contributed by atoms with E-state index in [0.29, 0.717) is 19.3 Å². The maximum atomic E-state index is 12.9. The van der Waals surface area contributed by atoms with Gasteiger partial charge in [-0.05, 0) is 128 Å². The van der Waals surface area contributed by atoms with Crippen molar-refractivity contribution in [1.82, 2.24) is 0 Å². The minimum absolute atomic E-state index is 0.106. The highest BCUT2D eigenvalue weighted by Crippen LogP contribution is 2.15. The lowest BCUT2D eigenvalue weighted by atomic mass is 10.0. The Kier molecular flexibility index (Phi) is 62.4. The van der Waals surface area contributed by atoms with Gasteiger partial charge in [0, 0.05) is 19.3 Å². The van der Waals surface area contributed by atoms with Gasteiger partial charge >= 0.3 is 17.9 Å². The number of unbranched alkanes of at least 4 members (excludes halogenated alkanes) is 20. The quantitative estimate of drug-likeness (QED) is 0.0261. The molecule has 0 rings (SSSR count). The van der Waals surface area contributed by atoms with Crippen LogP contribution in [0.15, 0.2) is 158 Å². The fourth-order valence-electron chi connectivity index (χ4n) is 8.48. The molecule has 0 saturated heterocycles. The normalized spacial score (nSPS) is 13.2. The van der Waals surface area contributed by atoms with Gasteiger partial charge in [-0.2, -0.15) is 0 Å². The number of hydrogen-bond acceptors (Lipinski definition) is 6. The molecule has 0 aromatic heterocycles. The number of rotatable bonds is 57. The van der Waals surface area contributed by atoms with Crippen molar-refractivity contribution in [3.8, 4) is 0 Å². The summed E-state index contributed by atoms with van der Waals surface area (Å²) in [6.45, 7) is 6.36. The van der Waals surface area contributed by atoms with Gasteiger partial charge < -0.3 is 14.2 Å². The molecule has 0 aliphatic carbocycles. The molecular formula is C74H118O6. The standard InChI is InChI=1S/C74H118O6/c1-4-7-10-13-16-19-22-25-28-30-32-34-35-36-37-38-39-41-42-44-46-49-52-55-58-61-64-67-73(76)79-70-71(69-78-72(75)66-63-60-57-54-51-48-27-24-21-18-15-12-9-6-3)80-74(77)68-65-62-59-56-53-50-47-45-43-40-33-31-29-26-23-20-17-14-11-8-5-2/h7-8,10-11,16-17,19-20,25-26,28-29,32-34,36-37,39-41,44-47,53,56,71H,4-6,9,12-15,18,21-24,27,30-31,35,38,42-43,48-52,54-55,57-70H2,1-3H3/b10-7-,11-8-,19-16-,20-17-,28-25-,29-26-,34-32-,37-36-,40-33-,41-39-,46-44-,47-45-,56-53-.